The Balaban J connectivity index is 2.79. The average Bonchev–Trinajstić information content (AvgIpc) is 2.28. The van der Waals surface area contributed by atoms with Crippen molar-refractivity contribution in [3.8, 4) is 0 Å². The quantitative estimate of drug-likeness (QED) is 0.573. The maximum atomic E-state index is 11.5. The number of nitro groups is 1. The van der Waals surface area contributed by atoms with Crippen LogP contribution < -0.4 is 0 Å². The molecule has 1 aromatic carbocycles. The highest BCUT2D eigenvalue weighted by molar-refractivity contribution is 5.78. The smallest absolute Gasteiger partial charge is 0.272 e. The molecule has 0 spiro atoms. The minimum atomic E-state index is -0.368. The number of aryl methyl sites for hydroxylation is 1. The molecule has 0 bridgehead atoms. The van der Waals surface area contributed by atoms with Crippen molar-refractivity contribution in [1.29, 1.82) is 0 Å². The topological polar surface area (TPSA) is 60.2 Å². The summed E-state index contributed by atoms with van der Waals surface area (Å²) in [5.74, 6) is 0.402. The summed E-state index contributed by atoms with van der Waals surface area (Å²) in [6, 6.07) is 6.72. The molecule has 0 aromatic heterocycles. The van der Waals surface area contributed by atoms with Crippen LogP contribution in [-0.2, 0) is 11.2 Å². The number of carbonyl (C=O) groups is 1. The lowest BCUT2D eigenvalue weighted by atomic mass is 9.86. The molecule has 4 heteroatoms. The highest BCUT2D eigenvalue weighted by atomic mass is 16.6. The molecule has 0 amide bonds. The van der Waals surface area contributed by atoms with Gasteiger partial charge < -0.3 is 0 Å². The minimum absolute atomic E-state index is 0.0233. The van der Waals surface area contributed by atoms with Crippen LogP contribution in [0.3, 0.4) is 0 Å². The maximum Gasteiger partial charge on any atom is 0.272 e. The predicted molar refractivity (Wildman–Crippen MR) is 70.4 cm³/mol. The first kappa shape index (κ1) is 14.4. The number of benzene rings is 1. The standard InChI is InChI=1S/C14H19NO3/c1-10(2)13(11(3)16)9-8-12-6-4-5-7-14(12)15(17)18/h4-7,10,13H,8-9H2,1-3H3. The molecule has 4 nitrogen and oxygen atoms in total. The number of Topliss-reactive ketones (excluding diaryl/α,β-unsaturated/α-hetero) is 1. The summed E-state index contributed by atoms with van der Waals surface area (Å²) < 4.78 is 0. The molecule has 0 aliphatic heterocycles. The molecule has 1 aromatic rings. The summed E-state index contributed by atoms with van der Waals surface area (Å²) in [4.78, 5) is 22.0. The van der Waals surface area contributed by atoms with Crippen LogP contribution in [0.5, 0.6) is 0 Å². The molecule has 0 heterocycles. The molecule has 0 saturated heterocycles. The fourth-order valence-electron chi connectivity index (χ4n) is 2.22. The zero-order valence-electron chi connectivity index (χ0n) is 11.1. The number of rotatable bonds is 6. The summed E-state index contributed by atoms with van der Waals surface area (Å²) in [6.07, 6.45) is 1.23. The van der Waals surface area contributed by atoms with Gasteiger partial charge >= 0.3 is 0 Å². The molecule has 0 radical (unpaired) electrons. The van der Waals surface area contributed by atoms with E-state index in [4.69, 9.17) is 0 Å². The van der Waals surface area contributed by atoms with Crippen molar-refractivity contribution in [1.82, 2.24) is 0 Å². The zero-order valence-corrected chi connectivity index (χ0v) is 11.1. The Bertz CT molecular complexity index is 440. The zero-order chi connectivity index (χ0) is 13.7. The van der Waals surface area contributed by atoms with Crippen molar-refractivity contribution in [3.05, 3.63) is 39.9 Å². The number of para-hydroxylation sites is 1. The average molecular weight is 249 g/mol. The number of nitro benzene ring substituents is 1. The molecule has 98 valence electrons. The maximum absolute atomic E-state index is 11.5. The van der Waals surface area contributed by atoms with Crippen LogP contribution in [0.1, 0.15) is 32.8 Å². The Morgan fingerprint density at radius 2 is 1.94 bits per heavy atom. The number of nitrogens with zero attached hydrogens (tertiary/aromatic N) is 1. The van der Waals surface area contributed by atoms with Gasteiger partial charge in [-0.15, -0.1) is 0 Å². The van der Waals surface area contributed by atoms with Gasteiger partial charge in [0.2, 0.25) is 0 Å². The number of ketones is 1. The van der Waals surface area contributed by atoms with Crippen LogP contribution >= 0.6 is 0 Å². The highest BCUT2D eigenvalue weighted by Gasteiger charge is 2.20. The van der Waals surface area contributed by atoms with Gasteiger partial charge in [0, 0.05) is 17.5 Å². The molecule has 0 aliphatic rings. The lowest BCUT2D eigenvalue weighted by Gasteiger charge is -2.17. The number of carbonyl (C=O) groups excluding carboxylic acids is 1. The largest absolute Gasteiger partial charge is 0.300 e. The Kier molecular flexibility index (Phi) is 5.01. The summed E-state index contributed by atoms with van der Waals surface area (Å²) in [5, 5.41) is 10.9. The molecule has 0 fully saturated rings. The monoisotopic (exact) mass is 249 g/mol. The second kappa shape index (κ2) is 6.28. The molecule has 1 unspecified atom stereocenters. The summed E-state index contributed by atoms with van der Waals surface area (Å²) in [5.41, 5.74) is 0.845. The van der Waals surface area contributed by atoms with E-state index in [1.165, 1.54) is 6.07 Å². The van der Waals surface area contributed by atoms with Gasteiger partial charge in [0.1, 0.15) is 5.78 Å². The van der Waals surface area contributed by atoms with Crippen LogP contribution in [0.15, 0.2) is 24.3 Å². The van der Waals surface area contributed by atoms with Crippen molar-refractivity contribution in [3.63, 3.8) is 0 Å². The normalized spacial score (nSPS) is 12.4. The SMILES string of the molecule is CC(=O)C(CCc1ccccc1[N+](=O)[O-])C(C)C. The van der Waals surface area contributed by atoms with E-state index in [-0.39, 0.29) is 28.2 Å². The Morgan fingerprint density at radius 3 is 2.44 bits per heavy atom. The van der Waals surface area contributed by atoms with Crippen molar-refractivity contribution < 1.29 is 9.72 Å². The van der Waals surface area contributed by atoms with Gasteiger partial charge in [0.05, 0.1) is 4.92 Å². The second-order valence-electron chi connectivity index (χ2n) is 4.89. The lowest BCUT2D eigenvalue weighted by molar-refractivity contribution is -0.385. The van der Waals surface area contributed by atoms with Gasteiger partial charge in [-0.2, -0.15) is 0 Å². The molecule has 18 heavy (non-hydrogen) atoms. The third kappa shape index (κ3) is 3.65. The summed E-state index contributed by atoms with van der Waals surface area (Å²) in [6.45, 7) is 5.60. The van der Waals surface area contributed by atoms with E-state index in [2.05, 4.69) is 0 Å². The van der Waals surface area contributed by atoms with Gasteiger partial charge in [-0.05, 0) is 25.7 Å². The molecular weight excluding hydrogens is 230 g/mol. The van der Waals surface area contributed by atoms with Gasteiger partial charge in [0.15, 0.2) is 0 Å². The molecule has 1 atom stereocenters. The third-order valence-corrected chi connectivity index (χ3v) is 3.24. The Morgan fingerprint density at radius 1 is 1.33 bits per heavy atom. The van der Waals surface area contributed by atoms with E-state index >= 15 is 0 Å². The second-order valence-corrected chi connectivity index (χ2v) is 4.89. The van der Waals surface area contributed by atoms with Crippen molar-refractivity contribution in [2.75, 3.05) is 0 Å². The van der Waals surface area contributed by atoms with E-state index in [0.29, 0.717) is 18.4 Å². The van der Waals surface area contributed by atoms with Crippen molar-refractivity contribution >= 4 is 11.5 Å². The minimum Gasteiger partial charge on any atom is -0.300 e. The number of hydrogen-bond donors (Lipinski definition) is 0. The molecule has 0 aliphatic carbocycles. The number of hydrogen-bond acceptors (Lipinski definition) is 3. The van der Waals surface area contributed by atoms with Gasteiger partial charge in [-0.25, -0.2) is 0 Å². The van der Waals surface area contributed by atoms with E-state index in [1.807, 2.05) is 13.8 Å². The molecule has 0 N–H and O–H groups in total. The Labute approximate surface area is 107 Å². The van der Waals surface area contributed by atoms with Crippen molar-refractivity contribution in [2.45, 2.75) is 33.6 Å². The fraction of sp³-hybridized carbons (Fsp3) is 0.500. The fourth-order valence-corrected chi connectivity index (χ4v) is 2.22. The first-order valence-electron chi connectivity index (χ1n) is 6.16. The summed E-state index contributed by atoms with van der Waals surface area (Å²) in [7, 11) is 0. The summed E-state index contributed by atoms with van der Waals surface area (Å²) >= 11 is 0. The Hall–Kier alpha value is -1.71. The van der Waals surface area contributed by atoms with Gasteiger partial charge in [-0.3, -0.25) is 14.9 Å². The van der Waals surface area contributed by atoms with Crippen molar-refractivity contribution in [2.24, 2.45) is 11.8 Å². The van der Waals surface area contributed by atoms with Crippen LogP contribution in [0.2, 0.25) is 0 Å². The molecule has 0 saturated carbocycles. The van der Waals surface area contributed by atoms with Crippen LogP contribution in [0, 0.1) is 22.0 Å². The molecular formula is C14H19NO3. The van der Waals surface area contributed by atoms with E-state index in [0.717, 1.165) is 0 Å². The van der Waals surface area contributed by atoms with Gasteiger partial charge in [0.25, 0.3) is 5.69 Å². The van der Waals surface area contributed by atoms with Crippen LogP contribution in [-0.4, -0.2) is 10.7 Å². The highest BCUT2D eigenvalue weighted by Crippen LogP contribution is 2.24. The van der Waals surface area contributed by atoms with E-state index in [9.17, 15) is 14.9 Å². The van der Waals surface area contributed by atoms with E-state index < -0.39 is 0 Å². The predicted octanol–water partition coefficient (Wildman–Crippen LogP) is 3.39. The van der Waals surface area contributed by atoms with Crippen LogP contribution in [0.4, 0.5) is 5.69 Å². The first-order valence-corrected chi connectivity index (χ1v) is 6.16. The van der Waals surface area contributed by atoms with E-state index in [1.54, 1.807) is 25.1 Å². The third-order valence-electron chi connectivity index (χ3n) is 3.24. The van der Waals surface area contributed by atoms with Crippen LogP contribution in [0.25, 0.3) is 0 Å². The van der Waals surface area contributed by atoms with Gasteiger partial charge in [-0.1, -0.05) is 32.0 Å². The lowest BCUT2D eigenvalue weighted by Crippen LogP contribution is -2.18. The molecule has 1 rings (SSSR count). The first-order chi connectivity index (χ1) is 8.43.